The largest absolute Gasteiger partial charge is 0.494 e. The highest BCUT2D eigenvalue weighted by Gasteiger charge is 2.16. The van der Waals surface area contributed by atoms with Crippen LogP contribution in [0.15, 0.2) is 65.7 Å². The summed E-state index contributed by atoms with van der Waals surface area (Å²) in [4.78, 5) is 25.4. The van der Waals surface area contributed by atoms with Crippen molar-refractivity contribution in [2.75, 3.05) is 11.9 Å². The molecule has 0 bridgehead atoms. The molecular weight excluding hydrogens is 418 g/mol. The molecule has 4 aromatic rings. The lowest BCUT2D eigenvalue weighted by Gasteiger charge is -2.11. The Hall–Kier alpha value is -3.94. The van der Waals surface area contributed by atoms with Gasteiger partial charge >= 0.3 is 5.56 Å². The van der Waals surface area contributed by atoms with E-state index in [0.717, 1.165) is 22.7 Å². The molecule has 0 saturated carbocycles. The van der Waals surface area contributed by atoms with Gasteiger partial charge in [0.1, 0.15) is 11.6 Å². The maximum Gasteiger partial charge on any atom is 0.300 e. The van der Waals surface area contributed by atoms with Crippen molar-refractivity contribution in [3.05, 3.63) is 82.7 Å². The van der Waals surface area contributed by atoms with Gasteiger partial charge in [0.25, 0.3) is 0 Å². The zero-order chi connectivity index (χ0) is 23.4. The van der Waals surface area contributed by atoms with Gasteiger partial charge in [-0.25, -0.2) is 0 Å². The third-order valence-electron chi connectivity index (χ3n) is 5.37. The van der Waals surface area contributed by atoms with Crippen LogP contribution >= 0.6 is 0 Å². The summed E-state index contributed by atoms with van der Waals surface area (Å²) in [5.74, 6) is 1.37. The predicted molar refractivity (Wildman–Crippen MR) is 127 cm³/mol. The van der Waals surface area contributed by atoms with E-state index in [9.17, 15) is 9.59 Å². The maximum absolute atomic E-state index is 13.0. The Kier molecular flexibility index (Phi) is 6.53. The smallest absolute Gasteiger partial charge is 0.300 e. The first-order chi connectivity index (χ1) is 15.9. The SMILES string of the molecule is CCOc1ccc(-n2ccn3c(C[C@H](C)CC(=O)Nc4ccc(C)cc4)nnc3c2=O)cc1. The van der Waals surface area contributed by atoms with Gasteiger partial charge in [-0.1, -0.05) is 24.6 Å². The number of carbonyl (C=O) groups excluding carboxylic acids is 1. The van der Waals surface area contributed by atoms with E-state index in [0.29, 0.717) is 25.3 Å². The summed E-state index contributed by atoms with van der Waals surface area (Å²) in [6, 6.07) is 15.0. The van der Waals surface area contributed by atoms with Crippen LogP contribution in [0, 0.1) is 12.8 Å². The van der Waals surface area contributed by atoms with E-state index in [1.807, 2.05) is 69.3 Å². The summed E-state index contributed by atoms with van der Waals surface area (Å²) in [7, 11) is 0. The standard InChI is InChI=1S/C25H27N5O3/c1-4-33-21-11-9-20(10-12-21)29-13-14-30-22(27-28-24(30)25(29)32)15-18(3)16-23(31)26-19-7-5-17(2)6-8-19/h5-14,18H,4,15-16H2,1-3H3,(H,26,31)/t18-/m0/s1. The quantitative estimate of drug-likeness (QED) is 0.446. The average molecular weight is 446 g/mol. The van der Waals surface area contributed by atoms with E-state index in [1.54, 1.807) is 16.8 Å². The van der Waals surface area contributed by atoms with Crippen LogP contribution in [0.4, 0.5) is 5.69 Å². The number of nitrogens with zero attached hydrogens (tertiary/aromatic N) is 4. The molecule has 0 aliphatic carbocycles. The summed E-state index contributed by atoms with van der Waals surface area (Å²) in [5, 5.41) is 11.3. The van der Waals surface area contributed by atoms with Crippen molar-refractivity contribution in [2.45, 2.75) is 33.6 Å². The van der Waals surface area contributed by atoms with Crippen molar-refractivity contribution in [2.24, 2.45) is 5.92 Å². The number of fused-ring (bicyclic) bond motifs is 1. The minimum absolute atomic E-state index is 0.0244. The molecule has 8 heteroatoms. The molecule has 1 N–H and O–H groups in total. The van der Waals surface area contributed by atoms with Gasteiger partial charge in [0.15, 0.2) is 0 Å². The number of hydrogen-bond donors (Lipinski definition) is 1. The van der Waals surface area contributed by atoms with Crippen LogP contribution in [0.3, 0.4) is 0 Å². The highest BCUT2D eigenvalue weighted by Crippen LogP contribution is 2.16. The first kappa shape index (κ1) is 22.3. The number of amides is 1. The van der Waals surface area contributed by atoms with E-state index in [4.69, 9.17) is 4.74 Å². The summed E-state index contributed by atoms with van der Waals surface area (Å²) in [5.41, 5.74) is 2.63. The lowest BCUT2D eigenvalue weighted by Crippen LogP contribution is -2.21. The molecule has 0 fully saturated rings. The van der Waals surface area contributed by atoms with E-state index in [2.05, 4.69) is 15.5 Å². The maximum atomic E-state index is 13.0. The molecule has 2 heterocycles. The van der Waals surface area contributed by atoms with E-state index >= 15 is 0 Å². The van der Waals surface area contributed by atoms with Gasteiger partial charge in [0.2, 0.25) is 11.6 Å². The zero-order valence-corrected chi connectivity index (χ0v) is 19.0. The van der Waals surface area contributed by atoms with Crippen molar-refractivity contribution in [1.29, 1.82) is 0 Å². The highest BCUT2D eigenvalue weighted by atomic mass is 16.5. The number of hydrogen-bond acceptors (Lipinski definition) is 5. The van der Waals surface area contributed by atoms with Crippen LogP contribution < -0.4 is 15.6 Å². The molecule has 0 unspecified atom stereocenters. The van der Waals surface area contributed by atoms with Crippen LogP contribution in [0.2, 0.25) is 0 Å². The Bertz CT molecular complexity index is 1310. The highest BCUT2D eigenvalue weighted by molar-refractivity contribution is 5.90. The van der Waals surface area contributed by atoms with Gasteiger partial charge < -0.3 is 10.1 Å². The molecule has 2 aromatic heterocycles. The van der Waals surface area contributed by atoms with E-state index in [1.165, 1.54) is 4.57 Å². The van der Waals surface area contributed by atoms with E-state index in [-0.39, 0.29) is 23.0 Å². The molecule has 8 nitrogen and oxygen atoms in total. The molecule has 0 aliphatic rings. The number of nitrogens with one attached hydrogen (secondary N) is 1. The van der Waals surface area contributed by atoms with Crippen molar-refractivity contribution in [3.8, 4) is 11.4 Å². The number of benzene rings is 2. The van der Waals surface area contributed by atoms with Crippen molar-refractivity contribution < 1.29 is 9.53 Å². The van der Waals surface area contributed by atoms with Gasteiger partial charge in [0, 0.05) is 36.6 Å². The molecule has 1 atom stereocenters. The fourth-order valence-corrected chi connectivity index (χ4v) is 3.70. The Balaban J connectivity index is 1.46. The lowest BCUT2D eigenvalue weighted by atomic mass is 10.0. The minimum atomic E-state index is -0.259. The van der Waals surface area contributed by atoms with Gasteiger partial charge in [-0.05, 0) is 56.2 Å². The first-order valence-corrected chi connectivity index (χ1v) is 11.0. The normalized spacial score (nSPS) is 12.0. The number of aryl methyl sites for hydroxylation is 1. The van der Waals surface area contributed by atoms with Crippen molar-refractivity contribution >= 4 is 17.2 Å². The van der Waals surface area contributed by atoms with Crippen LogP contribution in [0.1, 0.15) is 31.7 Å². The summed E-state index contributed by atoms with van der Waals surface area (Å²) in [6.07, 6.45) is 4.34. The first-order valence-electron chi connectivity index (χ1n) is 11.0. The summed E-state index contributed by atoms with van der Waals surface area (Å²) < 4.78 is 8.69. The molecule has 2 aromatic carbocycles. The molecule has 0 aliphatic heterocycles. The number of anilines is 1. The van der Waals surface area contributed by atoms with Crippen LogP contribution in [-0.2, 0) is 11.2 Å². The van der Waals surface area contributed by atoms with Gasteiger partial charge in [-0.3, -0.25) is 18.6 Å². The number of rotatable bonds is 8. The molecule has 4 rings (SSSR count). The second kappa shape index (κ2) is 9.68. The zero-order valence-electron chi connectivity index (χ0n) is 19.0. The number of aromatic nitrogens is 4. The molecule has 0 radical (unpaired) electrons. The Morgan fingerprint density at radius 3 is 2.48 bits per heavy atom. The van der Waals surface area contributed by atoms with Crippen LogP contribution in [0.5, 0.6) is 5.75 Å². The molecule has 1 amide bonds. The van der Waals surface area contributed by atoms with Crippen molar-refractivity contribution in [1.82, 2.24) is 19.2 Å². The topological polar surface area (TPSA) is 90.5 Å². The second-order valence-electron chi connectivity index (χ2n) is 8.14. The third kappa shape index (κ3) is 5.11. The minimum Gasteiger partial charge on any atom is -0.494 e. The van der Waals surface area contributed by atoms with E-state index < -0.39 is 0 Å². The second-order valence-corrected chi connectivity index (χ2v) is 8.14. The van der Waals surface area contributed by atoms with Crippen molar-refractivity contribution in [3.63, 3.8) is 0 Å². The van der Waals surface area contributed by atoms with Gasteiger partial charge in [-0.15, -0.1) is 10.2 Å². The van der Waals surface area contributed by atoms with Crippen LogP contribution in [0.25, 0.3) is 11.3 Å². The molecule has 33 heavy (non-hydrogen) atoms. The Morgan fingerprint density at radius 2 is 1.79 bits per heavy atom. The lowest BCUT2D eigenvalue weighted by molar-refractivity contribution is -0.116. The monoisotopic (exact) mass is 445 g/mol. The predicted octanol–water partition coefficient (Wildman–Crippen LogP) is 3.79. The average Bonchev–Trinajstić information content (AvgIpc) is 3.20. The van der Waals surface area contributed by atoms with Gasteiger partial charge in [-0.2, -0.15) is 0 Å². The Morgan fingerprint density at radius 1 is 1.06 bits per heavy atom. The number of ether oxygens (including phenoxy) is 1. The van der Waals surface area contributed by atoms with Gasteiger partial charge in [0.05, 0.1) is 6.61 Å². The Labute approximate surface area is 191 Å². The molecule has 0 saturated heterocycles. The molecule has 170 valence electrons. The summed E-state index contributed by atoms with van der Waals surface area (Å²) in [6.45, 7) is 6.49. The molecular formula is C25H27N5O3. The van der Waals surface area contributed by atoms with Crippen LogP contribution in [-0.4, -0.2) is 31.7 Å². The fourth-order valence-electron chi connectivity index (χ4n) is 3.70. The molecule has 0 spiro atoms. The summed E-state index contributed by atoms with van der Waals surface area (Å²) >= 11 is 0. The number of carbonyl (C=O) groups is 1. The third-order valence-corrected chi connectivity index (χ3v) is 5.37. The fraction of sp³-hybridized carbons (Fsp3) is 0.280.